The molecule has 0 bridgehead atoms. The highest BCUT2D eigenvalue weighted by atomic mass is 32.2. The van der Waals surface area contributed by atoms with E-state index in [1.54, 1.807) is 25.1 Å². The van der Waals surface area contributed by atoms with E-state index < -0.39 is 16.1 Å². The molecule has 0 radical (unpaired) electrons. The number of carbonyl (C=O) groups excluding carboxylic acids is 1. The SMILES string of the molecule is Cc1cccc(N([C@@H](C)C(=O)N[C@@H](C)c2ccc(C)cc2C)S(C)(=O)=O)c1. The van der Waals surface area contributed by atoms with Gasteiger partial charge in [0, 0.05) is 0 Å². The molecule has 0 unspecified atom stereocenters. The van der Waals surface area contributed by atoms with Crippen LogP contribution >= 0.6 is 0 Å². The van der Waals surface area contributed by atoms with Gasteiger partial charge in [-0.1, -0.05) is 35.9 Å². The molecule has 2 aromatic rings. The van der Waals surface area contributed by atoms with Crippen molar-refractivity contribution in [2.45, 2.75) is 46.7 Å². The number of nitrogens with zero attached hydrogens (tertiary/aromatic N) is 1. The van der Waals surface area contributed by atoms with Gasteiger partial charge in [-0.25, -0.2) is 8.42 Å². The molecule has 2 rings (SSSR count). The average Bonchev–Trinajstić information content (AvgIpc) is 2.53. The zero-order chi connectivity index (χ0) is 20.4. The second kappa shape index (κ2) is 8.13. The number of hydrogen-bond acceptors (Lipinski definition) is 3. The van der Waals surface area contributed by atoms with E-state index in [0.29, 0.717) is 5.69 Å². The standard InChI is InChI=1S/C21H28N2O3S/c1-14-8-7-9-19(13-14)23(27(6,25)26)18(5)21(24)22-17(4)20-11-10-15(2)12-16(20)3/h7-13,17-18H,1-6H3,(H,22,24)/t17-,18-/m0/s1. The van der Waals surface area contributed by atoms with Crippen molar-refractivity contribution in [1.82, 2.24) is 5.32 Å². The Labute approximate surface area is 162 Å². The third-order valence-corrected chi connectivity index (χ3v) is 5.84. The Bertz CT molecular complexity index is 938. The number of carbonyl (C=O) groups is 1. The Morgan fingerprint density at radius 1 is 1.00 bits per heavy atom. The normalized spacial score (nSPS) is 13.7. The van der Waals surface area contributed by atoms with E-state index in [-0.39, 0.29) is 11.9 Å². The lowest BCUT2D eigenvalue weighted by molar-refractivity contribution is -0.122. The largest absolute Gasteiger partial charge is 0.348 e. The van der Waals surface area contributed by atoms with Gasteiger partial charge in [0.25, 0.3) is 0 Å². The van der Waals surface area contributed by atoms with Crippen LogP contribution in [0.2, 0.25) is 0 Å². The summed E-state index contributed by atoms with van der Waals surface area (Å²) in [4.78, 5) is 12.8. The zero-order valence-corrected chi connectivity index (χ0v) is 17.6. The molecule has 27 heavy (non-hydrogen) atoms. The molecule has 0 saturated heterocycles. The number of amides is 1. The Morgan fingerprint density at radius 3 is 2.19 bits per heavy atom. The summed E-state index contributed by atoms with van der Waals surface area (Å²) in [7, 11) is -3.62. The first-order chi connectivity index (χ1) is 12.5. The molecule has 146 valence electrons. The fourth-order valence-corrected chi connectivity index (χ4v) is 4.46. The first-order valence-electron chi connectivity index (χ1n) is 8.94. The summed E-state index contributed by atoms with van der Waals surface area (Å²) >= 11 is 0. The molecule has 0 fully saturated rings. The van der Waals surface area contributed by atoms with Crippen LogP contribution in [-0.2, 0) is 14.8 Å². The van der Waals surface area contributed by atoms with E-state index >= 15 is 0 Å². The topological polar surface area (TPSA) is 66.5 Å². The molecule has 0 heterocycles. The van der Waals surface area contributed by atoms with Crippen molar-refractivity contribution >= 4 is 21.6 Å². The fraction of sp³-hybridized carbons (Fsp3) is 0.381. The molecule has 0 aliphatic rings. The maximum atomic E-state index is 12.8. The quantitative estimate of drug-likeness (QED) is 0.821. The summed E-state index contributed by atoms with van der Waals surface area (Å²) in [5.74, 6) is -0.339. The molecule has 0 aliphatic carbocycles. The molecular weight excluding hydrogens is 360 g/mol. The molecule has 5 nitrogen and oxygen atoms in total. The van der Waals surface area contributed by atoms with Crippen molar-refractivity contribution in [2.24, 2.45) is 0 Å². The van der Waals surface area contributed by atoms with Crippen LogP contribution in [0.5, 0.6) is 0 Å². The minimum atomic E-state index is -3.62. The number of hydrogen-bond donors (Lipinski definition) is 1. The summed E-state index contributed by atoms with van der Waals surface area (Å²) in [5, 5.41) is 2.95. The van der Waals surface area contributed by atoms with Crippen LogP contribution in [-0.4, -0.2) is 26.6 Å². The van der Waals surface area contributed by atoms with Gasteiger partial charge in [-0.05, 0) is 63.4 Å². The second-order valence-electron chi connectivity index (χ2n) is 7.16. The van der Waals surface area contributed by atoms with Gasteiger partial charge in [0.1, 0.15) is 6.04 Å². The second-order valence-corrected chi connectivity index (χ2v) is 9.02. The van der Waals surface area contributed by atoms with E-state index in [4.69, 9.17) is 0 Å². The van der Waals surface area contributed by atoms with Crippen LogP contribution in [0.3, 0.4) is 0 Å². The highest BCUT2D eigenvalue weighted by Gasteiger charge is 2.30. The number of sulfonamides is 1. The van der Waals surface area contributed by atoms with Gasteiger partial charge in [-0.2, -0.15) is 0 Å². The lowest BCUT2D eigenvalue weighted by atomic mass is 10.00. The van der Waals surface area contributed by atoms with Crippen LogP contribution in [0.4, 0.5) is 5.69 Å². The summed E-state index contributed by atoms with van der Waals surface area (Å²) < 4.78 is 25.9. The Morgan fingerprint density at radius 2 is 1.63 bits per heavy atom. The van der Waals surface area contributed by atoms with Crippen molar-refractivity contribution in [3.63, 3.8) is 0 Å². The van der Waals surface area contributed by atoms with E-state index in [1.807, 2.05) is 45.9 Å². The maximum absolute atomic E-state index is 12.8. The predicted octanol–water partition coefficient (Wildman–Crippen LogP) is 3.64. The predicted molar refractivity (Wildman–Crippen MR) is 110 cm³/mol. The first-order valence-corrected chi connectivity index (χ1v) is 10.8. The van der Waals surface area contributed by atoms with Gasteiger partial charge < -0.3 is 5.32 Å². The van der Waals surface area contributed by atoms with Crippen LogP contribution in [0.1, 0.15) is 42.1 Å². The average molecular weight is 389 g/mol. The zero-order valence-electron chi connectivity index (χ0n) is 16.8. The smallest absolute Gasteiger partial charge is 0.244 e. The number of nitrogens with one attached hydrogen (secondary N) is 1. The third-order valence-electron chi connectivity index (χ3n) is 4.60. The molecule has 6 heteroatoms. The van der Waals surface area contributed by atoms with Crippen LogP contribution in [0, 0.1) is 20.8 Å². The first kappa shape index (κ1) is 21.0. The Balaban J connectivity index is 2.27. The minimum absolute atomic E-state index is 0.223. The van der Waals surface area contributed by atoms with E-state index in [1.165, 1.54) is 4.31 Å². The third kappa shape index (κ3) is 5.10. The lowest BCUT2D eigenvalue weighted by Crippen LogP contribution is -2.48. The summed E-state index contributed by atoms with van der Waals surface area (Å²) in [6.45, 7) is 9.42. The number of anilines is 1. The van der Waals surface area contributed by atoms with Gasteiger partial charge >= 0.3 is 0 Å². The van der Waals surface area contributed by atoms with Crippen molar-refractivity contribution in [2.75, 3.05) is 10.6 Å². The molecule has 0 aliphatic heterocycles. The van der Waals surface area contributed by atoms with Gasteiger partial charge in [0.15, 0.2) is 0 Å². The molecule has 0 aromatic heterocycles. The van der Waals surface area contributed by atoms with Gasteiger partial charge in [-0.3, -0.25) is 9.10 Å². The molecular formula is C21H28N2O3S. The number of aryl methyl sites for hydroxylation is 3. The molecule has 1 amide bonds. The van der Waals surface area contributed by atoms with Crippen LogP contribution in [0.15, 0.2) is 42.5 Å². The minimum Gasteiger partial charge on any atom is -0.348 e. The molecule has 0 spiro atoms. The number of benzene rings is 2. The Kier molecular flexibility index (Phi) is 6.31. The van der Waals surface area contributed by atoms with Gasteiger partial charge in [0.2, 0.25) is 15.9 Å². The monoisotopic (exact) mass is 388 g/mol. The summed E-state index contributed by atoms with van der Waals surface area (Å²) in [6, 6.07) is 12.1. The van der Waals surface area contributed by atoms with Crippen molar-refractivity contribution in [3.05, 3.63) is 64.7 Å². The van der Waals surface area contributed by atoms with Crippen LogP contribution < -0.4 is 9.62 Å². The van der Waals surface area contributed by atoms with E-state index in [0.717, 1.165) is 28.5 Å². The van der Waals surface area contributed by atoms with Gasteiger partial charge in [0.05, 0.1) is 18.0 Å². The van der Waals surface area contributed by atoms with E-state index in [2.05, 4.69) is 11.4 Å². The fourth-order valence-electron chi connectivity index (χ4n) is 3.30. The van der Waals surface area contributed by atoms with Crippen molar-refractivity contribution < 1.29 is 13.2 Å². The maximum Gasteiger partial charge on any atom is 0.244 e. The lowest BCUT2D eigenvalue weighted by Gasteiger charge is -2.29. The highest BCUT2D eigenvalue weighted by Crippen LogP contribution is 2.23. The molecule has 2 aromatic carbocycles. The highest BCUT2D eigenvalue weighted by molar-refractivity contribution is 7.92. The number of rotatable bonds is 6. The summed E-state index contributed by atoms with van der Waals surface area (Å²) in [6.07, 6.45) is 1.12. The molecule has 2 atom stereocenters. The molecule has 1 N–H and O–H groups in total. The Hall–Kier alpha value is -2.34. The van der Waals surface area contributed by atoms with Crippen molar-refractivity contribution in [1.29, 1.82) is 0 Å². The van der Waals surface area contributed by atoms with Crippen molar-refractivity contribution in [3.8, 4) is 0 Å². The van der Waals surface area contributed by atoms with Crippen LogP contribution in [0.25, 0.3) is 0 Å². The summed E-state index contributed by atoms with van der Waals surface area (Å²) in [5.41, 5.74) is 4.68. The van der Waals surface area contributed by atoms with Gasteiger partial charge in [-0.15, -0.1) is 0 Å². The van der Waals surface area contributed by atoms with E-state index in [9.17, 15) is 13.2 Å². The molecule has 0 saturated carbocycles.